The van der Waals surface area contributed by atoms with Crippen molar-refractivity contribution in [3.63, 3.8) is 0 Å². The summed E-state index contributed by atoms with van der Waals surface area (Å²) in [5.41, 5.74) is 1.05. The molecule has 5 heteroatoms. The van der Waals surface area contributed by atoms with Crippen LogP contribution in [0.25, 0.3) is 0 Å². The highest BCUT2D eigenvalue weighted by Gasteiger charge is 2.15. The molecule has 0 unspecified atom stereocenters. The Balaban J connectivity index is 2.63. The molecule has 1 N–H and O–H groups in total. The molecule has 0 saturated carbocycles. The fourth-order valence-corrected chi connectivity index (χ4v) is 2.46. The van der Waals surface area contributed by atoms with Gasteiger partial charge in [-0.25, -0.2) is 0 Å². The van der Waals surface area contributed by atoms with Crippen LogP contribution in [0.15, 0.2) is 24.8 Å². The smallest absolute Gasteiger partial charge is 0.203 e. The van der Waals surface area contributed by atoms with Gasteiger partial charge < -0.3 is 19.5 Å². The number of ether oxygens (including phenoxy) is 3. The number of rotatable bonds is 10. The number of benzene rings is 1. The van der Waals surface area contributed by atoms with Crippen LogP contribution in [0.2, 0.25) is 0 Å². The summed E-state index contributed by atoms with van der Waals surface area (Å²) in [7, 11) is 4.87. The van der Waals surface area contributed by atoms with E-state index in [1.54, 1.807) is 21.3 Å². The molecular formula is C15H23NO3S. The van der Waals surface area contributed by atoms with E-state index in [9.17, 15) is 0 Å². The van der Waals surface area contributed by atoms with E-state index in [0.29, 0.717) is 11.5 Å². The quantitative estimate of drug-likeness (QED) is 0.531. The lowest BCUT2D eigenvalue weighted by Crippen LogP contribution is -2.17. The molecule has 112 valence electrons. The van der Waals surface area contributed by atoms with Gasteiger partial charge >= 0.3 is 0 Å². The third-order valence-corrected chi connectivity index (χ3v) is 3.72. The SMILES string of the molecule is C=CCSCCNCc1ccc(OC)c(OC)c1OC. The molecule has 0 atom stereocenters. The lowest BCUT2D eigenvalue weighted by molar-refractivity contribution is 0.321. The van der Waals surface area contributed by atoms with Gasteiger partial charge in [0.2, 0.25) is 5.75 Å². The second-order valence-corrected chi connectivity index (χ2v) is 5.18. The lowest BCUT2D eigenvalue weighted by Gasteiger charge is -2.16. The predicted molar refractivity (Wildman–Crippen MR) is 85.3 cm³/mol. The molecule has 0 radical (unpaired) electrons. The second kappa shape index (κ2) is 9.55. The Morgan fingerprint density at radius 1 is 1.15 bits per heavy atom. The van der Waals surface area contributed by atoms with Crippen molar-refractivity contribution in [2.45, 2.75) is 6.54 Å². The lowest BCUT2D eigenvalue weighted by atomic mass is 10.1. The predicted octanol–water partition coefficient (Wildman–Crippen LogP) is 2.72. The molecule has 0 aliphatic rings. The maximum atomic E-state index is 5.44. The summed E-state index contributed by atoms with van der Waals surface area (Å²) >= 11 is 1.86. The first-order valence-corrected chi connectivity index (χ1v) is 7.61. The van der Waals surface area contributed by atoms with Gasteiger partial charge in [-0.2, -0.15) is 11.8 Å². The molecular weight excluding hydrogens is 274 g/mol. The zero-order valence-corrected chi connectivity index (χ0v) is 13.2. The van der Waals surface area contributed by atoms with Gasteiger partial charge in [0.05, 0.1) is 21.3 Å². The molecule has 1 aromatic carbocycles. The Morgan fingerprint density at radius 2 is 1.90 bits per heavy atom. The Labute approximate surface area is 125 Å². The number of hydrogen-bond donors (Lipinski definition) is 1. The van der Waals surface area contributed by atoms with Crippen LogP contribution < -0.4 is 19.5 Å². The number of thioether (sulfide) groups is 1. The van der Waals surface area contributed by atoms with Crippen LogP contribution in [0.4, 0.5) is 0 Å². The second-order valence-electron chi connectivity index (χ2n) is 4.03. The normalized spacial score (nSPS) is 10.2. The van der Waals surface area contributed by atoms with E-state index in [0.717, 1.165) is 35.9 Å². The summed E-state index contributed by atoms with van der Waals surface area (Å²) in [5.74, 6) is 4.08. The van der Waals surface area contributed by atoms with Gasteiger partial charge in [0.15, 0.2) is 11.5 Å². The average Bonchev–Trinajstić information content (AvgIpc) is 2.49. The van der Waals surface area contributed by atoms with Crippen LogP contribution in [-0.2, 0) is 6.54 Å². The van der Waals surface area contributed by atoms with Gasteiger partial charge in [0.25, 0.3) is 0 Å². The zero-order valence-electron chi connectivity index (χ0n) is 12.4. The Hall–Kier alpha value is -1.33. The summed E-state index contributed by atoms with van der Waals surface area (Å²) < 4.78 is 16.1. The van der Waals surface area contributed by atoms with Crippen molar-refractivity contribution >= 4 is 11.8 Å². The topological polar surface area (TPSA) is 39.7 Å². The molecule has 0 fully saturated rings. The standard InChI is InChI=1S/C15H23NO3S/c1-5-9-20-10-8-16-11-12-6-7-13(17-2)15(19-4)14(12)18-3/h5-7,16H,1,8-11H2,2-4H3. The molecule has 0 aromatic heterocycles. The Morgan fingerprint density at radius 3 is 2.50 bits per heavy atom. The molecule has 0 spiro atoms. The highest BCUT2D eigenvalue weighted by molar-refractivity contribution is 7.99. The summed E-state index contributed by atoms with van der Waals surface area (Å²) in [6, 6.07) is 3.88. The average molecular weight is 297 g/mol. The third-order valence-electron chi connectivity index (χ3n) is 2.76. The molecule has 0 aliphatic carbocycles. The van der Waals surface area contributed by atoms with Crippen molar-refractivity contribution in [2.75, 3.05) is 39.4 Å². The van der Waals surface area contributed by atoms with Gasteiger partial charge in [0.1, 0.15) is 0 Å². The molecule has 0 saturated heterocycles. The first-order valence-electron chi connectivity index (χ1n) is 6.45. The van der Waals surface area contributed by atoms with Gasteiger partial charge in [-0.3, -0.25) is 0 Å². The van der Waals surface area contributed by atoms with E-state index in [1.807, 2.05) is 30.0 Å². The van der Waals surface area contributed by atoms with E-state index in [-0.39, 0.29) is 0 Å². The molecule has 0 heterocycles. The molecule has 1 aromatic rings. The molecule has 0 bridgehead atoms. The fourth-order valence-electron chi connectivity index (χ4n) is 1.84. The summed E-state index contributed by atoms with van der Waals surface area (Å²) in [5, 5.41) is 3.39. The van der Waals surface area contributed by atoms with Crippen LogP contribution in [0.3, 0.4) is 0 Å². The van der Waals surface area contributed by atoms with Gasteiger partial charge in [-0.05, 0) is 6.07 Å². The summed E-state index contributed by atoms with van der Waals surface area (Å²) in [6.45, 7) is 5.38. The van der Waals surface area contributed by atoms with Crippen LogP contribution in [0, 0.1) is 0 Å². The van der Waals surface area contributed by atoms with E-state index in [4.69, 9.17) is 14.2 Å². The maximum absolute atomic E-state index is 5.44. The Bertz CT molecular complexity index is 424. The number of nitrogens with one attached hydrogen (secondary N) is 1. The molecule has 20 heavy (non-hydrogen) atoms. The zero-order chi connectivity index (χ0) is 14.8. The van der Waals surface area contributed by atoms with Gasteiger partial charge in [-0.1, -0.05) is 12.1 Å². The number of methoxy groups -OCH3 is 3. The van der Waals surface area contributed by atoms with Crippen LogP contribution in [0.5, 0.6) is 17.2 Å². The van der Waals surface area contributed by atoms with Gasteiger partial charge in [-0.15, -0.1) is 6.58 Å². The molecule has 0 amide bonds. The van der Waals surface area contributed by atoms with Gasteiger partial charge in [0, 0.05) is 30.2 Å². The number of hydrogen-bond acceptors (Lipinski definition) is 5. The third kappa shape index (κ3) is 4.65. The molecule has 4 nitrogen and oxygen atoms in total. The minimum atomic E-state index is 0.635. The van der Waals surface area contributed by atoms with E-state index < -0.39 is 0 Å². The van der Waals surface area contributed by atoms with Crippen molar-refractivity contribution in [1.82, 2.24) is 5.32 Å². The first kappa shape index (κ1) is 16.7. The van der Waals surface area contributed by atoms with Crippen LogP contribution >= 0.6 is 11.8 Å². The first-order chi connectivity index (χ1) is 9.78. The van der Waals surface area contributed by atoms with E-state index in [2.05, 4.69) is 11.9 Å². The highest BCUT2D eigenvalue weighted by Crippen LogP contribution is 2.39. The summed E-state index contributed by atoms with van der Waals surface area (Å²) in [6.07, 6.45) is 1.92. The molecule has 1 rings (SSSR count). The van der Waals surface area contributed by atoms with Crippen molar-refractivity contribution in [1.29, 1.82) is 0 Å². The monoisotopic (exact) mass is 297 g/mol. The van der Waals surface area contributed by atoms with Crippen LogP contribution in [0.1, 0.15) is 5.56 Å². The van der Waals surface area contributed by atoms with Crippen molar-refractivity contribution in [3.8, 4) is 17.2 Å². The van der Waals surface area contributed by atoms with Crippen molar-refractivity contribution in [2.24, 2.45) is 0 Å². The van der Waals surface area contributed by atoms with E-state index >= 15 is 0 Å². The minimum Gasteiger partial charge on any atom is -0.493 e. The molecule has 0 aliphatic heterocycles. The van der Waals surface area contributed by atoms with E-state index in [1.165, 1.54) is 0 Å². The maximum Gasteiger partial charge on any atom is 0.203 e. The minimum absolute atomic E-state index is 0.635. The highest BCUT2D eigenvalue weighted by atomic mass is 32.2. The van der Waals surface area contributed by atoms with Crippen LogP contribution in [-0.4, -0.2) is 39.4 Å². The van der Waals surface area contributed by atoms with Crippen molar-refractivity contribution < 1.29 is 14.2 Å². The summed E-state index contributed by atoms with van der Waals surface area (Å²) in [4.78, 5) is 0. The van der Waals surface area contributed by atoms with Crippen molar-refractivity contribution in [3.05, 3.63) is 30.4 Å². The largest absolute Gasteiger partial charge is 0.493 e. The Kier molecular flexibility index (Phi) is 7.99. The fraction of sp³-hybridized carbons (Fsp3) is 0.467.